The second kappa shape index (κ2) is 8.28. The van der Waals surface area contributed by atoms with Gasteiger partial charge >= 0.3 is 0 Å². The topological polar surface area (TPSA) is 52.6 Å². The molecule has 1 heterocycles. The van der Waals surface area contributed by atoms with E-state index in [1.807, 2.05) is 43.3 Å². The molecule has 0 spiro atoms. The van der Waals surface area contributed by atoms with Crippen LogP contribution in [0.5, 0.6) is 0 Å². The molecule has 4 nitrogen and oxygen atoms in total. The van der Waals surface area contributed by atoms with Crippen LogP contribution in [0.1, 0.15) is 39.9 Å². The zero-order chi connectivity index (χ0) is 17.6. The van der Waals surface area contributed by atoms with Crippen LogP contribution < -0.4 is 5.32 Å². The predicted octanol–water partition coefficient (Wildman–Crippen LogP) is 2.88. The number of nitrogens with zero attached hydrogens (tertiary/aromatic N) is 1. The molecule has 0 aromatic heterocycles. The van der Waals surface area contributed by atoms with Crippen molar-refractivity contribution in [3.8, 4) is 0 Å². The van der Waals surface area contributed by atoms with Gasteiger partial charge in [-0.1, -0.05) is 42.5 Å². The smallest absolute Gasteiger partial charge is 0.251 e. The van der Waals surface area contributed by atoms with Crippen molar-refractivity contribution >= 4 is 5.91 Å². The number of benzene rings is 2. The van der Waals surface area contributed by atoms with Gasteiger partial charge in [-0.3, -0.25) is 9.69 Å². The molecule has 1 saturated heterocycles. The largest absolute Gasteiger partial charge is 0.392 e. The Kier molecular flexibility index (Phi) is 5.84. The summed E-state index contributed by atoms with van der Waals surface area (Å²) in [5.74, 6) is 0.0381. The van der Waals surface area contributed by atoms with E-state index >= 15 is 0 Å². The molecule has 3 rings (SSSR count). The Labute approximate surface area is 149 Å². The monoisotopic (exact) mass is 338 g/mol. The van der Waals surface area contributed by atoms with E-state index in [-0.39, 0.29) is 18.6 Å². The van der Waals surface area contributed by atoms with Gasteiger partial charge in [0.1, 0.15) is 0 Å². The van der Waals surface area contributed by atoms with Crippen molar-refractivity contribution in [3.05, 3.63) is 70.8 Å². The van der Waals surface area contributed by atoms with E-state index in [1.54, 1.807) is 0 Å². The van der Waals surface area contributed by atoms with Crippen LogP contribution in [0.2, 0.25) is 0 Å². The summed E-state index contributed by atoms with van der Waals surface area (Å²) in [4.78, 5) is 14.8. The van der Waals surface area contributed by atoms with E-state index in [9.17, 15) is 4.79 Å². The summed E-state index contributed by atoms with van der Waals surface area (Å²) in [5.41, 5.74) is 4.00. The van der Waals surface area contributed by atoms with Crippen molar-refractivity contribution in [2.24, 2.45) is 0 Å². The maximum absolute atomic E-state index is 12.4. The normalized spacial score (nSPS) is 15.9. The second-order valence-electron chi connectivity index (χ2n) is 6.81. The first-order valence-corrected chi connectivity index (χ1v) is 8.93. The van der Waals surface area contributed by atoms with E-state index < -0.39 is 0 Å². The van der Waals surface area contributed by atoms with Crippen LogP contribution in [0.3, 0.4) is 0 Å². The van der Waals surface area contributed by atoms with Crippen molar-refractivity contribution in [2.45, 2.75) is 39.0 Å². The summed E-state index contributed by atoms with van der Waals surface area (Å²) in [6, 6.07) is 16.1. The molecule has 1 amide bonds. The molecule has 0 bridgehead atoms. The summed E-state index contributed by atoms with van der Waals surface area (Å²) in [6.45, 7) is 4.96. The van der Waals surface area contributed by atoms with Gasteiger partial charge in [0.25, 0.3) is 5.91 Å². The summed E-state index contributed by atoms with van der Waals surface area (Å²) in [5, 5.41) is 12.3. The fourth-order valence-electron chi connectivity index (χ4n) is 3.33. The number of nitrogens with one attached hydrogen (secondary N) is 1. The van der Waals surface area contributed by atoms with Crippen molar-refractivity contribution in [3.63, 3.8) is 0 Å². The van der Waals surface area contributed by atoms with E-state index in [0.29, 0.717) is 0 Å². The quantitative estimate of drug-likeness (QED) is 0.881. The molecule has 0 atom stereocenters. The number of aliphatic hydroxyl groups is 1. The molecule has 1 aliphatic heterocycles. The van der Waals surface area contributed by atoms with Gasteiger partial charge < -0.3 is 10.4 Å². The SMILES string of the molecule is Cc1ccccc1C(=O)NC1CCN(Cc2ccc(CO)cc2)CC1. The minimum atomic E-state index is 0.0381. The predicted molar refractivity (Wildman–Crippen MR) is 99.3 cm³/mol. The van der Waals surface area contributed by atoms with Gasteiger partial charge in [0.2, 0.25) is 0 Å². The lowest BCUT2D eigenvalue weighted by atomic mass is 10.0. The zero-order valence-corrected chi connectivity index (χ0v) is 14.7. The highest BCUT2D eigenvalue weighted by Gasteiger charge is 2.21. The average molecular weight is 338 g/mol. The molecule has 0 radical (unpaired) electrons. The van der Waals surface area contributed by atoms with Gasteiger partial charge in [0, 0.05) is 31.2 Å². The average Bonchev–Trinajstić information content (AvgIpc) is 2.64. The standard InChI is InChI=1S/C21H26N2O2/c1-16-4-2-3-5-20(16)21(25)22-19-10-12-23(13-11-19)14-17-6-8-18(15-24)9-7-17/h2-9,19,24H,10-15H2,1H3,(H,22,25). The van der Waals surface area contributed by atoms with E-state index in [1.165, 1.54) is 5.56 Å². The Morgan fingerprint density at radius 2 is 1.72 bits per heavy atom. The van der Waals surface area contributed by atoms with Crippen molar-refractivity contribution in [1.29, 1.82) is 0 Å². The molecule has 2 aromatic rings. The molecule has 0 saturated carbocycles. The summed E-state index contributed by atoms with van der Waals surface area (Å²) in [6.07, 6.45) is 1.96. The van der Waals surface area contributed by atoms with Crippen molar-refractivity contribution in [1.82, 2.24) is 10.2 Å². The Morgan fingerprint density at radius 1 is 1.08 bits per heavy atom. The molecule has 0 unspecified atom stereocenters. The minimum absolute atomic E-state index is 0.0381. The van der Waals surface area contributed by atoms with Gasteiger partial charge in [-0.05, 0) is 42.5 Å². The van der Waals surface area contributed by atoms with Gasteiger partial charge in [0.05, 0.1) is 6.61 Å². The third kappa shape index (κ3) is 4.68. The molecule has 1 fully saturated rings. The highest BCUT2D eigenvalue weighted by atomic mass is 16.3. The number of likely N-dealkylation sites (tertiary alicyclic amines) is 1. The molecule has 4 heteroatoms. The number of hydrogen-bond donors (Lipinski definition) is 2. The first kappa shape index (κ1) is 17.6. The summed E-state index contributed by atoms with van der Waals surface area (Å²) >= 11 is 0. The Bertz CT molecular complexity index is 704. The maximum atomic E-state index is 12.4. The molecule has 2 aromatic carbocycles. The molecule has 2 N–H and O–H groups in total. The van der Waals surface area contributed by atoms with Gasteiger partial charge in [0.15, 0.2) is 0 Å². The number of carbonyl (C=O) groups is 1. The van der Waals surface area contributed by atoms with Gasteiger partial charge in [-0.15, -0.1) is 0 Å². The number of piperidine rings is 1. The lowest BCUT2D eigenvalue weighted by Gasteiger charge is -2.32. The lowest BCUT2D eigenvalue weighted by molar-refractivity contribution is 0.0908. The highest BCUT2D eigenvalue weighted by molar-refractivity contribution is 5.95. The number of carbonyl (C=O) groups excluding carboxylic acids is 1. The molecule has 1 aliphatic rings. The number of rotatable bonds is 5. The minimum Gasteiger partial charge on any atom is -0.392 e. The van der Waals surface area contributed by atoms with Crippen LogP contribution in [-0.2, 0) is 13.2 Å². The van der Waals surface area contributed by atoms with Gasteiger partial charge in [-0.2, -0.15) is 0 Å². The fourth-order valence-corrected chi connectivity index (χ4v) is 3.33. The number of hydrogen-bond acceptors (Lipinski definition) is 3. The lowest BCUT2D eigenvalue weighted by Crippen LogP contribution is -2.44. The molecular weight excluding hydrogens is 312 g/mol. The van der Waals surface area contributed by atoms with Gasteiger partial charge in [-0.25, -0.2) is 0 Å². The molecule has 25 heavy (non-hydrogen) atoms. The van der Waals surface area contributed by atoms with Crippen LogP contribution in [0, 0.1) is 6.92 Å². The van der Waals surface area contributed by atoms with Crippen LogP contribution in [0.25, 0.3) is 0 Å². The van der Waals surface area contributed by atoms with Crippen LogP contribution in [0.4, 0.5) is 0 Å². The number of aryl methyl sites for hydroxylation is 1. The fraction of sp³-hybridized carbons (Fsp3) is 0.381. The third-order valence-electron chi connectivity index (χ3n) is 4.92. The second-order valence-corrected chi connectivity index (χ2v) is 6.81. The molecule has 132 valence electrons. The van der Waals surface area contributed by atoms with E-state index in [2.05, 4.69) is 22.3 Å². The third-order valence-corrected chi connectivity index (χ3v) is 4.92. The molecular formula is C21H26N2O2. The van der Waals surface area contributed by atoms with E-state index in [4.69, 9.17) is 5.11 Å². The van der Waals surface area contributed by atoms with Crippen molar-refractivity contribution in [2.75, 3.05) is 13.1 Å². The summed E-state index contributed by atoms with van der Waals surface area (Å²) < 4.78 is 0. The number of aliphatic hydroxyl groups excluding tert-OH is 1. The first-order valence-electron chi connectivity index (χ1n) is 8.93. The van der Waals surface area contributed by atoms with E-state index in [0.717, 1.165) is 49.2 Å². The first-order chi connectivity index (χ1) is 12.2. The maximum Gasteiger partial charge on any atom is 0.251 e. The Balaban J connectivity index is 1.48. The number of amides is 1. The Hall–Kier alpha value is -2.17. The Morgan fingerprint density at radius 3 is 2.36 bits per heavy atom. The van der Waals surface area contributed by atoms with Crippen LogP contribution in [0.15, 0.2) is 48.5 Å². The zero-order valence-electron chi connectivity index (χ0n) is 14.7. The highest BCUT2D eigenvalue weighted by Crippen LogP contribution is 2.16. The van der Waals surface area contributed by atoms with Crippen molar-refractivity contribution < 1.29 is 9.90 Å². The van der Waals surface area contributed by atoms with Crippen LogP contribution in [-0.4, -0.2) is 35.0 Å². The van der Waals surface area contributed by atoms with Crippen LogP contribution >= 0.6 is 0 Å². The molecule has 0 aliphatic carbocycles. The summed E-state index contributed by atoms with van der Waals surface area (Å²) in [7, 11) is 0.